The van der Waals surface area contributed by atoms with Gasteiger partial charge in [0.15, 0.2) is 0 Å². The lowest BCUT2D eigenvalue weighted by molar-refractivity contribution is -0.150. The molecule has 0 aromatic carbocycles. The SMILES string of the molecule is CCC(C)C(=O)OC1CC1O. The topological polar surface area (TPSA) is 46.5 Å². The van der Waals surface area contributed by atoms with E-state index in [1.165, 1.54) is 0 Å². The number of hydrogen-bond acceptors (Lipinski definition) is 3. The van der Waals surface area contributed by atoms with E-state index in [2.05, 4.69) is 0 Å². The second-order valence-corrected chi connectivity index (χ2v) is 3.09. The number of esters is 1. The summed E-state index contributed by atoms with van der Waals surface area (Å²) in [5.41, 5.74) is 0. The van der Waals surface area contributed by atoms with Gasteiger partial charge in [-0.3, -0.25) is 4.79 Å². The lowest BCUT2D eigenvalue weighted by Crippen LogP contribution is -2.16. The molecule has 0 aliphatic heterocycles. The summed E-state index contributed by atoms with van der Waals surface area (Å²) < 4.78 is 4.94. The molecule has 1 saturated carbocycles. The molecule has 3 unspecified atom stereocenters. The Morgan fingerprint density at radius 3 is 2.73 bits per heavy atom. The van der Waals surface area contributed by atoms with Crippen LogP contribution in [0.1, 0.15) is 26.7 Å². The molecule has 11 heavy (non-hydrogen) atoms. The maximum absolute atomic E-state index is 11.0. The first-order chi connectivity index (χ1) is 5.15. The van der Waals surface area contributed by atoms with Gasteiger partial charge in [-0.2, -0.15) is 0 Å². The fraction of sp³-hybridized carbons (Fsp3) is 0.875. The van der Waals surface area contributed by atoms with Crippen molar-refractivity contribution >= 4 is 5.97 Å². The molecule has 1 fully saturated rings. The van der Waals surface area contributed by atoms with Gasteiger partial charge in [0.05, 0.1) is 12.0 Å². The third-order valence-electron chi connectivity index (χ3n) is 1.98. The third-order valence-corrected chi connectivity index (χ3v) is 1.98. The van der Waals surface area contributed by atoms with Gasteiger partial charge in [-0.1, -0.05) is 13.8 Å². The molecule has 3 heteroatoms. The third kappa shape index (κ3) is 2.19. The number of aliphatic hydroxyl groups excluding tert-OH is 1. The Kier molecular flexibility index (Phi) is 2.49. The Hall–Kier alpha value is -0.570. The van der Waals surface area contributed by atoms with Crippen molar-refractivity contribution in [1.82, 2.24) is 0 Å². The first kappa shape index (κ1) is 8.53. The summed E-state index contributed by atoms with van der Waals surface area (Å²) in [7, 11) is 0. The Bertz CT molecular complexity index is 155. The molecule has 0 bridgehead atoms. The maximum Gasteiger partial charge on any atom is 0.309 e. The molecule has 1 aliphatic carbocycles. The lowest BCUT2D eigenvalue weighted by Gasteiger charge is -2.07. The highest BCUT2D eigenvalue weighted by atomic mass is 16.6. The molecule has 0 radical (unpaired) electrons. The molecule has 0 aromatic heterocycles. The fourth-order valence-electron chi connectivity index (χ4n) is 0.718. The minimum Gasteiger partial charge on any atom is -0.459 e. The van der Waals surface area contributed by atoms with E-state index in [9.17, 15) is 4.79 Å². The zero-order valence-electron chi connectivity index (χ0n) is 6.91. The van der Waals surface area contributed by atoms with Crippen molar-refractivity contribution in [3.05, 3.63) is 0 Å². The number of hydrogen-bond donors (Lipinski definition) is 1. The average Bonchev–Trinajstić information content (AvgIpc) is 2.65. The molecule has 0 amide bonds. The molecule has 0 saturated heterocycles. The Morgan fingerprint density at radius 1 is 1.82 bits per heavy atom. The maximum atomic E-state index is 11.0. The number of ether oxygens (including phenoxy) is 1. The van der Waals surface area contributed by atoms with Gasteiger partial charge in [-0.05, 0) is 6.42 Å². The van der Waals surface area contributed by atoms with Gasteiger partial charge >= 0.3 is 5.97 Å². The number of carbonyl (C=O) groups excluding carboxylic acids is 1. The van der Waals surface area contributed by atoms with Crippen LogP contribution in [0, 0.1) is 5.92 Å². The van der Waals surface area contributed by atoms with Crippen LogP contribution in [-0.2, 0) is 9.53 Å². The van der Waals surface area contributed by atoms with Crippen LogP contribution in [0.3, 0.4) is 0 Å². The fourth-order valence-corrected chi connectivity index (χ4v) is 0.718. The molecule has 0 aromatic rings. The van der Waals surface area contributed by atoms with Crippen LogP contribution in [0.2, 0.25) is 0 Å². The lowest BCUT2D eigenvalue weighted by atomic mass is 10.1. The van der Waals surface area contributed by atoms with Crippen LogP contribution in [0.4, 0.5) is 0 Å². The van der Waals surface area contributed by atoms with Crippen molar-refractivity contribution in [2.45, 2.75) is 38.9 Å². The highest BCUT2D eigenvalue weighted by molar-refractivity contribution is 5.72. The van der Waals surface area contributed by atoms with Gasteiger partial charge < -0.3 is 9.84 Å². The quantitative estimate of drug-likeness (QED) is 0.615. The molecule has 1 rings (SSSR count). The second kappa shape index (κ2) is 3.22. The van der Waals surface area contributed by atoms with Crippen LogP contribution in [-0.4, -0.2) is 23.3 Å². The van der Waals surface area contributed by atoms with Gasteiger partial charge in [0.2, 0.25) is 0 Å². The van der Waals surface area contributed by atoms with E-state index >= 15 is 0 Å². The molecule has 1 N–H and O–H groups in total. The number of aliphatic hydroxyl groups is 1. The van der Waals surface area contributed by atoms with Crippen LogP contribution < -0.4 is 0 Å². The Labute approximate surface area is 66.4 Å². The van der Waals surface area contributed by atoms with Gasteiger partial charge in [0.1, 0.15) is 6.10 Å². The summed E-state index contributed by atoms with van der Waals surface area (Å²) in [6, 6.07) is 0. The first-order valence-electron chi connectivity index (χ1n) is 4.03. The highest BCUT2D eigenvalue weighted by Gasteiger charge is 2.39. The molecular weight excluding hydrogens is 144 g/mol. The van der Waals surface area contributed by atoms with Crippen molar-refractivity contribution in [1.29, 1.82) is 0 Å². The zero-order chi connectivity index (χ0) is 8.43. The summed E-state index contributed by atoms with van der Waals surface area (Å²) in [6.07, 6.45) is 0.795. The zero-order valence-corrected chi connectivity index (χ0v) is 6.91. The summed E-state index contributed by atoms with van der Waals surface area (Å²) in [6.45, 7) is 3.77. The second-order valence-electron chi connectivity index (χ2n) is 3.09. The van der Waals surface area contributed by atoms with Crippen molar-refractivity contribution in [3.8, 4) is 0 Å². The van der Waals surface area contributed by atoms with Gasteiger partial charge in [0.25, 0.3) is 0 Å². The molecule has 3 atom stereocenters. The predicted octanol–water partition coefficient (Wildman–Crippen LogP) is 0.709. The van der Waals surface area contributed by atoms with Crippen molar-refractivity contribution < 1.29 is 14.6 Å². The van der Waals surface area contributed by atoms with Crippen molar-refractivity contribution in [3.63, 3.8) is 0 Å². The van der Waals surface area contributed by atoms with Gasteiger partial charge in [-0.15, -0.1) is 0 Å². The summed E-state index contributed by atoms with van der Waals surface area (Å²) in [4.78, 5) is 11.0. The van der Waals surface area contributed by atoms with Crippen molar-refractivity contribution in [2.24, 2.45) is 5.92 Å². The van der Waals surface area contributed by atoms with E-state index in [4.69, 9.17) is 9.84 Å². The largest absolute Gasteiger partial charge is 0.459 e. The van der Waals surface area contributed by atoms with Crippen LogP contribution >= 0.6 is 0 Å². The van der Waals surface area contributed by atoms with E-state index in [1.807, 2.05) is 13.8 Å². The minimum atomic E-state index is -0.400. The monoisotopic (exact) mass is 158 g/mol. The number of carbonyl (C=O) groups is 1. The van der Waals surface area contributed by atoms with Crippen molar-refractivity contribution in [2.75, 3.05) is 0 Å². The molecule has 64 valence electrons. The summed E-state index contributed by atoms with van der Waals surface area (Å²) >= 11 is 0. The standard InChI is InChI=1S/C8H14O3/c1-3-5(2)8(10)11-7-4-6(7)9/h5-7,9H,3-4H2,1-2H3. The van der Waals surface area contributed by atoms with E-state index in [1.54, 1.807) is 0 Å². The summed E-state index contributed by atoms with van der Waals surface area (Å²) in [5.74, 6) is -0.225. The smallest absolute Gasteiger partial charge is 0.309 e. The summed E-state index contributed by atoms with van der Waals surface area (Å²) in [5, 5.41) is 8.85. The van der Waals surface area contributed by atoms with Crippen LogP contribution in [0.5, 0.6) is 0 Å². The number of rotatable bonds is 3. The molecule has 1 aliphatic rings. The molecule has 0 spiro atoms. The average molecular weight is 158 g/mol. The predicted molar refractivity (Wildman–Crippen MR) is 40.0 cm³/mol. The van der Waals surface area contributed by atoms with Crippen LogP contribution in [0.25, 0.3) is 0 Å². The van der Waals surface area contributed by atoms with Gasteiger partial charge in [-0.25, -0.2) is 0 Å². The minimum absolute atomic E-state index is 0.0391. The molecule has 0 heterocycles. The van der Waals surface area contributed by atoms with E-state index < -0.39 is 6.10 Å². The Morgan fingerprint density at radius 2 is 2.36 bits per heavy atom. The van der Waals surface area contributed by atoms with E-state index in [0.717, 1.165) is 6.42 Å². The molecule has 3 nitrogen and oxygen atoms in total. The first-order valence-corrected chi connectivity index (χ1v) is 4.03. The van der Waals surface area contributed by atoms with Crippen LogP contribution in [0.15, 0.2) is 0 Å². The highest BCUT2D eigenvalue weighted by Crippen LogP contribution is 2.26. The normalized spacial score (nSPS) is 31.2. The Balaban J connectivity index is 2.21. The van der Waals surface area contributed by atoms with Gasteiger partial charge in [0, 0.05) is 6.42 Å². The molecular formula is C8H14O3. The van der Waals surface area contributed by atoms with E-state index in [0.29, 0.717) is 6.42 Å². The van der Waals surface area contributed by atoms with E-state index in [-0.39, 0.29) is 18.0 Å².